The van der Waals surface area contributed by atoms with Crippen molar-refractivity contribution in [1.29, 1.82) is 0 Å². The van der Waals surface area contributed by atoms with E-state index in [1.54, 1.807) is 0 Å². The molecule has 1 saturated heterocycles. The minimum atomic E-state index is -0.0482. The lowest BCUT2D eigenvalue weighted by atomic mass is 9.96. The van der Waals surface area contributed by atoms with Crippen molar-refractivity contribution in [3.8, 4) is 0 Å². The second kappa shape index (κ2) is 5.05. The molecule has 0 atom stereocenters. The van der Waals surface area contributed by atoms with Gasteiger partial charge in [-0.25, -0.2) is 0 Å². The van der Waals surface area contributed by atoms with Crippen LogP contribution in [0.2, 0.25) is 0 Å². The second-order valence-electron chi connectivity index (χ2n) is 3.21. The first-order valence-electron chi connectivity index (χ1n) is 4.61. The average Bonchev–Trinajstić information content (AvgIpc) is 2.06. The Morgan fingerprint density at radius 3 is 2.67 bits per heavy atom. The van der Waals surface area contributed by atoms with Crippen molar-refractivity contribution in [2.45, 2.75) is 31.1 Å². The minimum absolute atomic E-state index is 0.0482. The molecule has 1 fully saturated rings. The first kappa shape index (κ1) is 10.3. The fourth-order valence-electron chi connectivity index (χ4n) is 1.39. The maximum Gasteiger partial charge on any atom is 0.0512 e. The number of hydrogen-bond acceptors (Lipinski definition) is 2. The Bertz CT molecular complexity index is 122. The lowest BCUT2D eigenvalue weighted by Crippen LogP contribution is -2.31. The van der Waals surface area contributed by atoms with E-state index >= 15 is 0 Å². The molecule has 0 aromatic heterocycles. The summed E-state index contributed by atoms with van der Waals surface area (Å²) in [4.78, 5) is -0.0482. The van der Waals surface area contributed by atoms with Crippen LogP contribution in [0, 0.1) is 0 Å². The summed E-state index contributed by atoms with van der Waals surface area (Å²) in [5.41, 5.74) is 0. The molecule has 72 valence electrons. The summed E-state index contributed by atoms with van der Waals surface area (Å²) in [5, 5.41) is 0. The molecule has 0 aromatic rings. The molecule has 1 aliphatic rings. The van der Waals surface area contributed by atoms with Crippen LogP contribution in [0.4, 0.5) is 0 Å². The molecule has 1 rings (SSSR count). The monoisotopic (exact) mass is 192 g/mol. The zero-order valence-corrected chi connectivity index (χ0v) is 8.40. The molecule has 3 heteroatoms. The van der Waals surface area contributed by atoms with Gasteiger partial charge >= 0.3 is 0 Å². The van der Waals surface area contributed by atoms with Crippen molar-refractivity contribution in [1.82, 2.24) is 0 Å². The Labute approximate surface area is 79.2 Å². The molecule has 0 aromatic carbocycles. The SMILES string of the molecule is CCOCCC1(Cl)CCOCC1. The fourth-order valence-corrected chi connectivity index (χ4v) is 1.62. The predicted molar refractivity (Wildman–Crippen MR) is 49.7 cm³/mol. The second-order valence-corrected chi connectivity index (χ2v) is 4.01. The zero-order valence-electron chi connectivity index (χ0n) is 7.64. The Hall–Kier alpha value is 0.210. The highest BCUT2D eigenvalue weighted by Crippen LogP contribution is 2.31. The molecule has 2 nitrogen and oxygen atoms in total. The van der Waals surface area contributed by atoms with Gasteiger partial charge in [-0.3, -0.25) is 0 Å². The predicted octanol–water partition coefficient (Wildman–Crippen LogP) is 2.20. The van der Waals surface area contributed by atoms with Crippen LogP contribution in [-0.2, 0) is 9.47 Å². The van der Waals surface area contributed by atoms with Crippen molar-refractivity contribution in [2.75, 3.05) is 26.4 Å². The Balaban J connectivity index is 2.17. The molecule has 0 saturated carbocycles. The largest absolute Gasteiger partial charge is 0.382 e. The van der Waals surface area contributed by atoms with Crippen molar-refractivity contribution in [3.63, 3.8) is 0 Å². The van der Waals surface area contributed by atoms with Gasteiger partial charge in [-0.1, -0.05) is 0 Å². The summed E-state index contributed by atoms with van der Waals surface area (Å²) >= 11 is 6.35. The van der Waals surface area contributed by atoms with Crippen molar-refractivity contribution < 1.29 is 9.47 Å². The highest BCUT2D eigenvalue weighted by molar-refractivity contribution is 6.24. The standard InChI is InChI=1S/C9H17ClO2/c1-2-11-6-3-9(10)4-7-12-8-5-9/h2-8H2,1H3. The van der Waals surface area contributed by atoms with E-state index < -0.39 is 0 Å². The number of hydrogen-bond donors (Lipinski definition) is 0. The topological polar surface area (TPSA) is 18.5 Å². The summed E-state index contributed by atoms with van der Waals surface area (Å²) in [6, 6.07) is 0. The van der Waals surface area contributed by atoms with Crippen molar-refractivity contribution >= 4 is 11.6 Å². The van der Waals surface area contributed by atoms with Crippen LogP contribution in [-0.4, -0.2) is 31.3 Å². The van der Waals surface area contributed by atoms with E-state index in [1.807, 2.05) is 6.92 Å². The Kier molecular flexibility index (Phi) is 4.33. The maximum absolute atomic E-state index is 6.35. The third-order valence-corrected chi connectivity index (χ3v) is 2.85. The Morgan fingerprint density at radius 2 is 2.08 bits per heavy atom. The van der Waals surface area contributed by atoms with Gasteiger partial charge in [0.05, 0.1) is 4.87 Å². The molecule has 0 spiro atoms. The summed E-state index contributed by atoms with van der Waals surface area (Å²) in [6.45, 7) is 5.17. The molecule has 12 heavy (non-hydrogen) atoms. The van der Waals surface area contributed by atoms with E-state index in [0.29, 0.717) is 0 Å². The molecule has 0 radical (unpaired) electrons. The van der Waals surface area contributed by atoms with Gasteiger partial charge in [0.2, 0.25) is 0 Å². The van der Waals surface area contributed by atoms with Gasteiger partial charge in [-0.15, -0.1) is 11.6 Å². The summed E-state index contributed by atoms with van der Waals surface area (Å²) < 4.78 is 10.5. The third kappa shape index (κ3) is 3.30. The number of halogens is 1. The first-order chi connectivity index (χ1) is 5.77. The van der Waals surface area contributed by atoms with Crippen LogP contribution >= 0.6 is 11.6 Å². The highest BCUT2D eigenvalue weighted by Gasteiger charge is 2.29. The van der Waals surface area contributed by atoms with Crippen LogP contribution in [0.5, 0.6) is 0 Å². The Morgan fingerprint density at radius 1 is 1.42 bits per heavy atom. The quantitative estimate of drug-likeness (QED) is 0.502. The van der Waals surface area contributed by atoms with Gasteiger partial charge in [0.25, 0.3) is 0 Å². The minimum Gasteiger partial charge on any atom is -0.382 e. The molecule has 1 heterocycles. The summed E-state index contributed by atoms with van der Waals surface area (Å²) in [7, 11) is 0. The molecule has 0 N–H and O–H groups in total. The molecule has 0 aliphatic carbocycles. The summed E-state index contributed by atoms with van der Waals surface area (Å²) in [5.74, 6) is 0. The highest BCUT2D eigenvalue weighted by atomic mass is 35.5. The molecular weight excluding hydrogens is 176 g/mol. The molecular formula is C9H17ClO2. The smallest absolute Gasteiger partial charge is 0.0512 e. The average molecular weight is 193 g/mol. The molecule has 0 unspecified atom stereocenters. The van der Waals surface area contributed by atoms with Crippen LogP contribution in [0.3, 0.4) is 0 Å². The lowest BCUT2D eigenvalue weighted by molar-refractivity contribution is 0.0592. The van der Waals surface area contributed by atoms with Gasteiger partial charge in [-0.05, 0) is 26.2 Å². The van der Waals surface area contributed by atoms with Gasteiger partial charge in [0.1, 0.15) is 0 Å². The van der Waals surface area contributed by atoms with Crippen LogP contribution in [0.25, 0.3) is 0 Å². The van der Waals surface area contributed by atoms with Gasteiger partial charge in [0, 0.05) is 26.4 Å². The van der Waals surface area contributed by atoms with E-state index in [-0.39, 0.29) is 4.87 Å². The zero-order chi connectivity index (χ0) is 8.86. The number of ether oxygens (including phenoxy) is 2. The van der Waals surface area contributed by atoms with E-state index in [4.69, 9.17) is 21.1 Å². The van der Waals surface area contributed by atoms with Crippen LogP contribution in [0.15, 0.2) is 0 Å². The molecule has 0 amide bonds. The number of rotatable bonds is 4. The van der Waals surface area contributed by atoms with Gasteiger partial charge in [0.15, 0.2) is 0 Å². The van der Waals surface area contributed by atoms with Gasteiger partial charge < -0.3 is 9.47 Å². The fraction of sp³-hybridized carbons (Fsp3) is 1.00. The van der Waals surface area contributed by atoms with Crippen LogP contribution < -0.4 is 0 Å². The van der Waals surface area contributed by atoms with Crippen LogP contribution in [0.1, 0.15) is 26.2 Å². The van der Waals surface area contributed by atoms with E-state index in [2.05, 4.69) is 0 Å². The lowest BCUT2D eigenvalue weighted by Gasteiger charge is -2.30. The van der Waals surface area contributed by atoms with Crippen molar-refractivity contribution in [2.24, 2.45) is 0 Å². The van der Waals surface area contributed by atoms with E-state index in [0.717, 1.165) is 45.7 Å². The molecule has 0 bridgehead atoms. The van der Waals surface area contributed by atoms with E-state index in [1.165, 1.54) is 0 Å². The first-order valence-corrected chi connectivity index (χ1v) is 4.99. The normalized spacial score (nSPS) is 22.5. The third-order valence-electron chi connectivity index (χ3n) is 2.29. The summed E-state index contributed by atoms with van der Waals surface area (Å²) in [6.07, 6.45) is 2.87. The maximum atomic E-state index is 6.35. The molecule has 1 aliphatic heterocycles. The van der Waals surface area contributed by atoms with Crippen molar-refractivity contribution in [3.05, 3.63) is 0 Å². The number of alkyl halides is 1. The van der Waals surface area contributed by atoms with E-state index in [9.17, 15) is 0 Å². The van der Waals surface area contributed by atoms with Gasteiger partial charge in [-0.2, -0.15) is 0 Å².